The largest absolute Gasteiger partial charge is 0.441 e. The van der Waals surface area contributed by atoms with Crippen molar-refractivity contribution in [1.82, 2.24) is 30.2 Å². The van der Waals surface area contributed by atoms with Gasteiger partial charge in [-0.2, -0.15) is 5.26 Å². The van der Waals surface area contributed by atoms with E-state index in [1.807, 2.05) is 6.07 Å². The van der Waals surface area contributed by atoms with Crippen LogP contribution < -0.4 is 5.32 Å². The van der Waals surface area contributed by atoms with Gasteiger partial charge in [0, 0.05) is 18.1 Å². The molecule has 3 aromatic rings. The second-order valence-corrected chi connectivity index (χ2v) is 7.90. The molecule has 162 valence electrons. The topological polar surface area (TPSA) is 150 Å². The van der Waals surface area contributed by atoms with E-state index in [-0.39, 0.29) is 18.8 Å². The van der Waals surface area contributed by atoms with Gasteiger partial charge in [-0.1, -0.05) is 6.07 Å². The van der Waals surface area contributed by atoms with Crippen LogP contribution in [-0.4, -0.2) is 67.8 Å². The molecule has 2 saturated heterocycles. The van der Waals surface area contributed by atoms with Crippen LogP contribution in [0.2, 0.25) is 0 Å². The summed E-state index contributed by atoms with van der Waals surface area (Å²) < 4.78 is 18.9. The summed E-state index contributed by atoms with van der Waals surface area (Å²) in [5, 5.41) is 24.5. The molecule has 2 aliphatic rings. The number of anilines is 1. The fourth-order valence-electron chi connectivity index (χ4n) is 3.59. The molecule has 0 spiro atoms. The SMILES string of the molecule is N#Cc1cccc(NC(=O)O[C@H]2CO[C@@H]3[C@@H]2OC[C@@H]3n2nnnc2Sc2ncccn2)c1. The van der Waals surface area contributed by atoms with Gasteiger partial charge >= 0.3 is 6.09 Å². The van der Waals surface area contributed by atoms with Gasteiger partial charge in [-0.15, -0.1) is 5.10 Å². The predicted octanol–water partition coefficient (Wildman–Crippen LogP) is 1.44. The molecule has 4 atom stereocenters. The predicted molar refractivity (Wildman–Crippen MR) is 108 cm³/mol. The van der Waals surface area contributed by atoms with Crippen molar-refractivity contribution in [1.29, 1.82) is 5.26 Å². The van der Waals surface area contributed by atoms with E-state index in [9.17, 15) is 4.79 Å². The van der Waals surface area contributed by atoms with E-state index in [0.717, 1.165) is 0 Å². The zero-order valence-corrected chi connectivity index (χ0v) is 17.3. The lowest BCUT2D eigenvalue weighted by Crippen LogP contribution is -2.35. The molecule has 4 heterocycles. The number of hydrogen-bond acceptors (Lipinski definition) is 11. The minimum Gasteiger partial charge on any atom is -0.441 e. The Balaban J connectivity index is 1.23. The molecule has 0 saturated carbocycles. The van der Waals surface area contributed by atoms with Gasteiger partial charge in [0.1, 0.15) is 18.2 Å². The van der Waals surface area contributed by atoms with Gasteiger partial charge < -0.3 is 14.2 Å². The van der Waals surface area contributed by atoms with Gasteiger partial charge in [-0.3, -0.25) is 5.32 Å². The van der Waals surface area contributed by atoms with Crippen molar-refractivity contribution in [2.75, 3.05) is 18.5 Å². The molecule has 1 N–H and O–H groups in total. The zero-order chi connectivity index (χ0) is 21.9. The van der Waals surface area contributed by atoms with Gasteiger partial charge in [-0.05, 0) is 46.5 Å². The molecular formula is C19H16N8O4S. The highest BCUT2D eigenvalue weighted by molar-refractivity contribution is 7.99. The number of fused-ring (bicyclic) bond motifs is 1. The number of amides is 1. The summed E-state index contributed by atoms with van der Waals surface area (Å²) >= 11 is 1.23. The van der Waals surface area contributed by atoms with Crippen molar-refractivity contribution in [3.05, 3.63) is 48.3 Å². The Kier molecular flexibility index (Phi) is 5.63. The summed E-state index contributed by atoms with van der Waals surface area (Å²) in [6.45, 7) is 0.485. The standard InChI is InChI=1S/C19H16N8O4S/c20-8-11-3-1-4-12(7-11)23-19(28)31-14-10-30-15-13(9-29-16(14)15)27-18(24-25-26-27)32-17-21-5-2-6-22-17/h1-7,13-16H,9-10H2,(H,23,28)/t13-,14-,15-,16+/m0/s1. The van der Waals surface area contributed by atoms with Crippen LogP contribution in [0.3, 0.4) is 0 Å². The summed E-state index contributed by atoms with van der Waals surface area (Å²) in [5.41, 5.74) is 0.901. The van der Waals surface area contributed by atoms with E-state index in [2.05, 4.69) is 30.8 Å². The van der Waals surface area contributed by atoms with Crippen LogP contribution in [0, 0.1) is 11.3 Å². The first-order valence-corrected chi connectivity index (χ1v) is 10.5. The molecule has 0 aliphatic carbocycles. The van der Waals surface area contributed by atoms with Gasteiger partial charge in [0.15, 0.2) is 11.3 Å². The van der Waals surface area contributed by atoms with E-state index >= 15 is 0 Å². The third-order valence-electron chi connectivity index (χ3n) is 4.98. The highest BCUT2D eigenvalue weighted by atomic mass is 32.2. The third kappa shape index (κ3) is 4.11. The quantitative estimate of drug-likeness (QED) is 0.560. The lowest BCUT2D eigenvalue weighted by atomic mass is 10.1. The summed E-state index contributed by atoms with van der Waals surface area (Å²) in [6, 6.07) is 10.0. The monoisotopic (exact) mass is 452 g/mol. The van der Waals surface area contributed by atoms with Gasteiger partial charge in [0.25, 0.3) is 0 Å². The minimum atomic E-state index is -0.652. The molecule has 13 heteroatoms. The van der Waals surface area contributed by atoms with Crippen LogP contribution in [0.25, 0.3) is 0 Å². The highest BCUT2D eigenvalue weighted by Crippen LogP contribution is 2.37. The second kappa shape index (κ2) is 8.87. The van der Waals surface area contributed by atoms with E-state index in [0.29, 0.717) is 28.2 Å². The van der Waals surface area contributed by atoms with Crippen LogP contribution in [0.1, 0.15) is 11.6 Å². The molecule has 12 nitrogen and oxygen atoms in total. The van der Waals surface area contributed by atoms with Crippen molar-refractivity contribution in [2.45, 2.75) is 34.7 Å². The number of ether oxygens (including phenoxy) is 3. The van der Waals surface area contributed by atoms with Crippen molar-refractivity contribution < 1.29 is 19.0 Å². The molecule has 2 aliphatic heterocycles. The van der Waals surface area contributed by atoms with Gasteiger partial charge in [0.2, 0.25) is 5.16 Å². The Morgan fingerprint density at radius 2 is 2.06 bits per heavy atom. The Bertz CT molecular complexity index is 1150. The van der Waals surface area contributed by atoms with E-state index in [1.54, 1.807) is 47.4 Å². The molecule has 0 radical (unpaired) electrons. The van der Waals surface area contributed by atoms with Crippen molar-refractivity contribution in [3.8, 4) is 6.07 Å². The molecule has 5 rings (SSSR count). The molecule has 0 bridgehead atoms. The lowest BCUT2D eigenvalue weighted by molar-refractivity contribution is 0.00751. The lowest BCUT2D eigenvalue weighted by Gasteiger charge is -2.17. The van der Waals surface area contributed by atoms with Crippen LogP contribution >= 0.6 is 11.8 Å². The van der Waals surface area contributed by atoms with Crippen molar-refractivity contribution in [2.24, 2.45) is 0 Å². The minimum absolute atomic E-state index is 0.184. The first kappa shape index (κ1) is 20.3. The van der Waals surface area contributed by atoms with E-state index < -0.39 is 18.3 Å². The van der Waals surface area contributed by atoms with Crippen LogP contribution in [0.5, 0.6) is 0 Å². The van der Waals surface area contributed by atoms with Crippen molar-refractivity contribution >= 4 is 23.5 Å². The maximum atomic E-state index is 12.3. The number of nitriles is 1. The van der Waals surface area contributed by atoms with Gasteiger partial charge in [-0.25, -0.2) is 19.4 Å². The van der Waals surface area contributed by atoms with E-state index in [4.69, 9.17) is 19.5 Å². The molecule has 0 unspecified atom stereocenters. The average Bonchev–Trinajstić information content (AvgIpc) is 3.52. The second-order valence-electron chi connectivity index (χ2n) is 6.96. The first-order valence-electron chi connectivity index (χ1n) is 9.65. The Morgan fingerprint density at radius 1 is 1.22 bits per heavy atom. The molecular weight excluding hydrogens is 436 g/mol. The molecule has 2 fully saturated rings. The van der Waals surface area contributed by atoms with Crippen molar-refractivity contribution in [3.63, 3.8) is 0 Å². The number of nitrogens with zero attached hydrogens (tertiary/aromatic N) is 7. The Morgan fingerprint density at radius 3 is 2.91 bits per heavy atom. The molecule has 2 aromatic heterocycles. The Hall–Kier alpha value is -3.60. The zero-order valence-electron chi connectivity index (χ0n) is 16.4. The molecule has 1 aromatic carbocycles. The van der Waals surface area contributed by atoms with Crippen LogP contribution in [0.15, 0.2) is 53.0 Å². The smallest absolute Gasteiger partial charge is 0.412 e. The van der Waals surface area contributed by atoms with Crippen LogP contribution in [-0.2, 0) is 14.2 Å². The number of nitrogens with one attached hydrogen (secondary N) is 1. The number of rotatable bonds is 5. The number of carbonyl (C=O) groups is 1. The summed E-state index contributed by atoms with van der Waals surface area (Å²) in [4.78, 5) is 20.7. The number of hydrogen-bond donors (Lipinski definition) is 1. The van der Waals surface area contributed by atoms with E-state index in [1.165, 1.54) is 11.8 Å². The third-order valence-corrected chi connectivity index (χ3v) is 5.82. The van der Waals surface area contributed by atoms with Gasteiger partial charge in [0.05, 0.1) is 24.8 Å². The highest BCUT2D eigenvalue weighted by Gasteiger charge is 2.51. The maximum absolute atomic E-state index is 12.3. The molecule has 32 heavy (non-hydrogen) atoms. The Labute approximate surface area is 185 Å². The fourth-order valence-corrected chi connectivity index (χ4v) is 4.32. The van der Waals surface area contributed by atoms with Crippen LogP contribution in [0.4, 0.5) is 10.5 Å². The first-order chi connectivity index (χ1) is 15.7. The number of tetrazole rings is 1. The normalized spacial score (nSPS) is 24.0. The number of carbonyl (C=O) groups excluding carboxylic acids is 1. The number of benzene rings is 1. The molecule has 1 amide bonds. The summed E-state index contributed by atoms with van der Waals surface area (Å²) in [5.74, 6) is 0. The summed E-state index contributed by atoms with van der Waals surface area (Å²) in [7, 11) is 0. The average molecular weight is 452 g/mol. The summed E-state index contributed by atoms with van der Waals surface area (Å²) in [6.07, 6.45) is 1.21. The number of aromatic nitrogens is 6. The maximum Gasteiger partial charge on any atom is 0.412 e. The fraction of sp³-hybridized carbons (Fsp3) is 0.316.